The first kappa shape index (κ1) is 54.9. The lowest BCUT2D eigenvalue weighted by Gasteiger charge is -2.47. The van der Waals surface area contributed by atoms with Gasteiger partial charge >= 0.3 is 36.0 Å². The van der Waals surface area contributed by atoms with E-state index >= 15 is 0 Å². The van der Waals surface area contributed by atoms with Crippen molar-refractivity contribution in [3.8, 4) is 0 Å². The molecule has 2 heterocycles. The van der Waals surface area contributed by atoms with E-state index in [1.165, 1.54) is 50.2 Å². The second kappa shape index (κ2) is 19.8. The Kier molecular flexibility index (Phi) is 14.7. The van der Waals surface area contributed by atoms with Crippen molar-refractivity contribution in [3.05, 3.63) is 139 Å². The quantitative estimate of drug-likeness (QED) is 0.0963. The maximum absolute atomic E-state index is 14.4. The fourth-order valence-corrected chi connectivity index (χ4v) is 9.98. The molecule has 24 heteroatoms. The molecule has 0 aliphatic heterocycles. The van der Waals surface area contributed by atoms with Crippen molar-refractivity contribution in [2.24, 2.45) is 0 Å². The van der Waals surface area contributed by atoms with Crippen LogP contribution in [0, 0.1) is 13.8 Å². The number of alkyl halides is 12. The van der Waals surface area contributed by atoms with E-state index in [1.807, 2.05) is 10.6 Å². The molecule has 0 radical (unpaired) electrons. The maximum atomic E-state index is 14.4. The summed E-state index contributed by atoms with van der Waals surface area (Å²) in [6, 6.07) is 15.7. The number of aryl methyl sites for hydroxylation is 2. The molecule has 4 aromatic carbocycles. The highest BCUT2D eigenvalue weighted by Gasteiger charge is 2.65. The summed E-state index contributed by atoms with van der Waals surface area (Å²) in [5.41, 5.74) is -15.9. The van der Waals surface area contributed by atoms with Gasteiger partial charge in [-0.2, -0.15) is 52.7 Å². The molecule has 74 heavy (non-hydrogen) atoms. The summed E-state index contributed by atoms with van der Waals surface area (Å²) in [5, 5.41) is 33.4. The molecule has 0 saturated heterocycles. The van der Waals surface area contributed by atoms with E-state index in [0.29, 0.717) is 25.7 Å². The molecular weight excluding hydrogens is 1010 g/mol. The summed E-state index contributed by atoms with van der Waals surface area (Å²) in [6.07, 6.45) is -21.9. The molecule has 4 N–H and O–H groups in total. The predicted octanol–water partition coefficient (Wildman–Crippen LogP) is 11.3. The van der Waals surface area contributed by atoms with E-state index in [2.05, 4.69) is 19.4 Å². The van der Waals surface area contributed by atoms with Gasteiger partial charge in [0.05, 0.1) is 33.3 Å². The van der Waals surface area contributed by atoms with E-state index in [4.69, 9.17) is 0 Å². The fourth-order valence-electron chi connectivity index (χ4n) is 9.98. The molecule has 2 unspecified atom stereocenters. The van der Waals surface area contributed by atoms with E-state index in [9.17, 15) is 82.1 Å². The molecule has 2 aromatic heterocycles. The van der Waals surface area contributed by atoms with Gasteiger partial charge in [0.25, 0.3) is 11.8 Å². The topological polar surface area (TPSA) is 185 Å². The van der Waals surface area contributed by atoms with Crippen molar-refractivity contribution in [1.29, 1.82) is 0 Å². The van der Waals surface area contributed by atoms with E-state index in [1.54, 1.807) is 0 Å². The van der Waals surface area contributed by atoms with Crippen LogP contribution in [-0.4, -0.2) is 55.9 Å². The number of halogens is 12. The average Bonchev–Trinajstić information content (AvgIpc) is 3.31. The number of anilines is 2. The highest BCUT2D eigenvalue weighted by molar-refractivity contribution is 6.01. The third-order valence-corrected chi connectivity index (χ3v) is 13.9. The van der Waals surface area contributed by atoms with E-state index in [0.717, 1.165) is 48.5 Å². The second-order valence-corrected chi connectivity index (χ2v) is 18.7. The molecule has 396 valence electrons. The smallest absolute Gasteiger partial charge is 0.373 e. The van der Waals surface area contributed by atoms with Gasteiger partial charge in [-0.3, -0.25) is 9.59 Å². The largest absolute Gasteiger partial charge is 0.426 e. The van der Waals surface area contributed by atoms with Crippen molar-refractivity contribution >= 4 is 44.7 Å². The molecule has 2 aliphatic carbocycles. The summed E-state index contributed by atoms with van der Waals surface area (Å²) >= 11 is 0. The normalized spacial score (nSPS) is 17.5. The summed E-state index contributed by atoms with van der Waals surface area (Å²) in [5.74, 6) is -3.69. The van der Waals surface area contributed by atoms with Crippen LogP contribution >= 0.6 is 0 Å². The summed E-state index contributed by atoms with van der Waals surface area (Å²) in [7, 11) is 0. The lowest BCUT2D eigenvalue weighted by molar-refractivity contribution is -0.257. The van der Waals surface area contributed by atoms with Crippen LogP contribution in [0.4, 0.5) is 64.1 Å². The van der Waals surface area contributed by atoms with E-state index < -0.39 is 99.3 Å². The number of carbonyl (C=O) groups excluding carboxylic acids is 2. The molecule has 0 bridgehead atoms. The van der Waals surface area contributed by atoms with Gasteiger partial charge in [-0.05, 0) is 110 Å². The minimum atomic E-state index is -5.51. The zero-order valence-corrected chi connectivity index (χ0v) is 38.9. The van der Waals surface area contributed by atoms with Crippen LogP contribution in [0.1, 0.15) is 97.8 Å². The number of nitrogens with zero attached hydrogens (tertiary/aromatic N) is 2. The number of carbonyl (C=O) groups is 2. The Balaban J connectivity index is 0.000000217. The molecule has 12 nitrogen and oxygen atoms in total. The van der Waals surface area contributed by atoms with Crippen molar-refractivity contribution in [3.63, 3.8) is 0 Å². The van der Waals surface area contributed by atoms with Crippen molar-refractivity contribution in [1.82, 2.24) is 10.3 Å². The van der Waals surface area contributed by atoms with Gasteiger partial charge in [-0.15, -0.1) is 0 Å². The van der Waals surface area contributed by atoms with Gasteiger partial charge in [-0.25, -0.2) is 9.59 Å². The van der Waals surface area contributed by atoms with Crippen LogP contribution in [0.3, 0.4) is 0 Å². The van der Waals surface area contributed by atoms with Crippen molar-refractivity contribution in [2.75, 3.05) is 10.6 Å². The number of rotatable bonds is 10. The third kappa shape index (κ3) is 10.6. The highest BCUT2D eigenvalue weighted by Crippen LogP contribution is 2.55. The lowest BCUT2D eigenvalue weighted by atomic mass is 9.58. The van der Waals surface area contributed by atoms with Gasteiger partial charge in [0.15, 0.2) is 0 Å². The SMILES string of the molecule is Cc1noc(=O)c2ccc(NC(=O)C(O)(CC3(c4ccccc4C(F)(F)F)CCC3)C(F)(F)F)cc12.Cc1noc(=O)c2ccc(NC(=O)C(O)(CC3(c4ccccc4C(F)(F)F)CCCCC3)C(F)(F)F)cc12. The molecule has 6 aromatic rings. The molecule has 2 fully saturated rings. The number of aromatic nitrogens is 2. The number of benzene rings is 4. The Morgan fingerprint density at radius 3 is 1.20 bits per heavy atom. The molecular formula is C50H44F12N4O8. The number of hydrogen-bond acceptors (Lipinski definition) is 10. The second-order valence-electron chi connectivity index (χ2n) is 18.7. The highest BCUT2D eigenvalue weighted by atomic mass is 19.4. The van der Waals surface area contributed by atoms with Gasteiger partial charge < -0.3 is 29.9 Å². The fraction of sp³-hybridized carbons (Fsp3) is 0.400. The standard InChI is InChI=1S/C26H24F6N2O4.C24H20F6N2O4/c1-15-18-13-16(9-10-17(18)21(35)38-34-15)33-22(36)24(37,26(30,31)32)14-23(11-5-2-6-12-23)19-7-3-4-8-20(19)25(27,28)29;1-13-16-11-14(7-8-15(16)19(33)36-32-13)31-20(34)22(35,24(28,29)30)12-21(9-4-10-21)17-5-2-3-6-18(17)23(25,26)27/h3-4,7-10,13,37H,2,5-6,11-12,14H2,1H3,(H,33,36);2-3,5-8,11,35H,4,9-10,12H2,1H3,(H,31,34). The molecule has 2 amide bonds. The van der Waals surface area contributed by atoms with Gasteiger partial charge in [-0.1, -0.05) is 72.4 Å². The van der Waals surface area contributed by atoms with Crippen LogP contribution < -0.4 is 21.9 Å². The number of fused-ring (bicyclic) bond motifs is 2. The zero-order chi connectivity index (χ0) is 54.5. The first-order valence-corrected chi connectivity index (χ1v) is 22.7. The Bertz CT molecular complexity index is 3210. The minimum Gasteiger partial charge on any atom is -0.373 e. The third-order valence-electron chi connectivity index (χ3n) is 13.9. The number of amides is 2. The van der Waals surface area contributed by atoms with Crippen LogP contribution in [0.2, 0.25) is 0 Å². The molecule has 0 spiro atoms. The van der Waals surface area contributed by atoms with Gasteiger partial charge in [0.1, 0.15) is 0 Å². The maximum Gasteiger partial charge on any atom is 0.426 e. The Hall–Kier alpha value is -6.82. The van der Waals surface area contributed by atoms with Crippen LogP contribution in [0.25, 0.3) is 21.5 Å². The summed E-state index contributed by atoms with van der Waals surface area (Å²) in [6.45, 7) is 2.95. The minimum absolute atomic E-state index is 0.0671. The molecule has 2 aliphatic rings. The molecule has 8 rings (SSSR count). The van der Waals surface area contributed by atoms with Crippen LogP contribution in [-0.2, 0) is 32.8 Å². The average molecular weight is 1060 g/mol. The monoisotopic (exact) mass is 1060 g/mol. The lowest BCUT2D eigenvalue weighted by Crippen LogP contribution is -2.59. The Morgan fingerprint density at radius 1 is 0.527 bits per heavy atom. The van der Waals surface area contributed by atoms with Crippen molar-refractivity contribution in [2.45, 2.75) is 125 Å². The van der Waals surface area contributed by atoms with Crippen molar-refractivity contribution < 1.29 is 81.5 Å². The number of hydrogen-bond donors (Lipinski definition) is 4. The number of nitrogens with one attached hydrogen (secondary N) is 2. The van der Waals surface area contributed by atoms with Gasteiger partial charge in [0.2, 0.25) is 11.2 Å². The zero-order valence-electron chi connectivity index (χ0n) is 38.9. The first-order valence-electron chi connectivity index (χ1n) is 22.7. The van der Waals surface area contributed by atoms with E-state index in [-0.39, 0.29) is 75.6 Å². The molecule has 2 atom stereocenters. The Morgan fingerprint density at radius 2 is 0.878 bits per heavy atom. The Labute approximate surface area is 410 Å². The predicted molar refractivity (Wildman–Crippen MR) is 242 cm³/mol. The molecule has 2 saturated carbocycles. The summed E-state index contributed by atoms with van der Waals surface area (Å²) in [4.78, 5) is 49.7. The first-order chi connectivity index (χ1) is 34.4. The summed E-state index contributed by atoms with van der Waals surface area (Å²) < 4.78 is 177. The van der Waals surface area contributed by atoms with Crippen LogP contribution in [0.15, 0.2) is 104 Å². The van der Waals surface area contributed by atoms with Crippen LogP contribution in [0.5, 0.6) is 0 Å². The van der Waals surface area contributed by atoms with Gasteiger partial charge in [0, 0.05) is 35.0 Å². The number of aliphatic hydroxyl groups is 2.